The number of benzene rings is 2. The van der Waals surface area contributed by atoms with Crippen LogP contribution < -0.4 is 10.2 Å². The fourth-order valence-corrected chi connectivity index (χ4v) is 4.11. The molecule has 2 aliphatic heterocycles. The minimum atomic E-state index is -1.05. The first-order valence-electron chi connectivity index (χ1n) is 10.9. The molecule has 0 saturated carbocycles. The molecule has 1 N–H and O–H groups in total. The monoisotopic (exact) mass is 449 g/mol. The number of anilines is 1. The summed E-state index contributed by atoms with van der Waals surface area (Å²) >= 11 is 0. The molecule has 33 heavy (non-hydrogen) atoms. The SMILES string of the molecule is CC(C)(C)OC(=O)N1CCC2(CC1)NC(=O)N(c1ccc(C(=O)c3ccccc3)cc1)C2=O. The Morgan fingerprint density at radius 2 is 1.48 bits per heavy atom. The van der Waals surface area contributed by atoms with Crippen LogP contribution in [-0.2, 0) is 9.53 Å². The summed E-state index contributed by atoms with van der Waals surface area (Å²) < 4.78 is 5.41. The zero-order chi connectivity index (χ0) is 23.8. The maximum Gasteiger partial charge on any atom is 0.410 e. The first-order valence-corrected chi connectivity index (χ1v) is 10.9. The smallest absolute Gasteiger partial charge is 0.410 e. The highest BCUT2D eigenvalue weighted by Crippen LogP contribution is 2.33. The Labute approximate surface area is 192 Å². The van der Waals surface area contributed by atoms with Gasteiger partial charge in [0.1, 0.15) is 11.1 Å². The van der Waals surface area contributed by atoms with Crippen LogP contribution in [0.2, 0.25) is 0 Å². The second-order valence-corrected chi connectivity index (χ2v) is 9.36. The van der Waals surface area contributed by atoms with Crippen molar-refractivity contribution in [3.05, 3.63) is 65.7 Å². The van der Waals surface area contributed by atoms with Crippen molar-refractivity contribution in [2.75, 3.05) is 18.0 Å². The summed E-state index contributed by atoms with van der Waals surface area (Å²) in [5, 5.41) is 2.83. The normalized spacial score (nSPS) is 17.8. The molecule has 0 unspecified atom stereocenters. The fraction of sp³-hybridized carbons (Fsp3) is 0.360. The molecule has 0 bridgehead atoms. The van der Waals surface area contributed by atoms with Crippen molar-refractivity contribution in [1.29, 1.82) is 0 Å². The maximum atomic E-state index is 13.3. The van der Waals surface area contributed by atoms with E-state index in [2.05, 4.69) is 5.32 Å². The summed E-state index contributed by atoms with van der Waals surface area (Å²) in [5.74, 6) is -0.483. The molecule has 8 heteroatoms. The first-order chi connectivity index (χ1) is 15.6. The molecule has 0 radical (unpaired) electrons. The Morgan fingerprint density at radius 3 is 2.06 bits per heavy atom. The van der Waals surface area contributed by atoms with Gasteiger partial charge in [0.2, 0.25) is 0 Å². The predicted molar refractivity (Wildman–Crippen MR) is 122 cm³/mol. The molecule has 4 rings (SSSR count). The van der Waals surface area contributed by atoms with Gasteiger partial charge in [-0.05, 0) is 57.9 Å². The van der Waals surface area contributed by atoms with Crippen molar-refractivity contribution >= 4 is 29.5 Å². The van der Waals surface area contributed by atoms with E-state index in [1.807, 2.05) is 6.07 Å². The van der Waals surface area contributed by atoms with Crippen LogP contribution in [-0.4, -0.2) is 52.9 Å². The largest absolute Gasteiger partial charge is 0.444 e. The van der Waals surface area contributed by atoms with Crippen LogP contribution >= 0.6 is 0 Å². The number of rotatable bonds is 3. The number of piperidine rings is 1. The Hall–Kier alpha value is -3.68. The molecular formula is C25H27N3O5. The van der Waals surface area contributed by atoms with Crippen LogP contribution in [0.1, 0.15) is 49.5 Å². The van der Waals surface area contributed by atoms with Crippen LogP contribution in [0.15, 0.2) is 54.6 Å². The Bertz CT molecular complexity index is 1080. The number of amides is 4. The molecular weight excluding hydrogens is 422 g/mol. The van der Waals surface area contributed by atoms with Crippen LogP contribution in [0.4, 0.5) is 15.3 Å². The summed E-state index contributed by atoms with van der Waals surface area (Å²) in [6.07, 6.45) is 0.181. The molecule has 2 aromatic carbocycles. The molecule has 2 aromatic rings. The van der Waals surface area contributed by atoms with Gasteiger partial charge in [-0.3, -0.25) is 9.59 Å². The van der Waals surface area contributed by atoms with Gasteiger partial charge in [0.25, 0.3) is 5.91 Å². The molecule has 0 aromatic heterocycles. The van der Waals surface area contributed by atoms with E-state index in [-0.39, 0.29) is 11.7 Å². The van der Waals surface area contributed by atoms with E-state index in [1.165, 1.54) is 0 Å². The quantitative estimate of drug-likeness (QED) is 0.569. The fourth-order valence-electron chi connectivity index (χ4n) is 4.11. The van der Waals surface area contributed by atoms with Crippen LogP contribution in [0.25, 0.3) is 0 Å². The van der Waals surface area contributed by atoms with E-state index in [0.717, 1.165) is 4.90 Å². The number of urea groups is 1. The van der Waals surface area contributed by atoms with E-state index in [9.17, 15) is 19.2 Å². The number of hydrogen-bond donors (Lipinski definition) is 1. The third-order valence-electron chi connectivity index (χ3n) is 5.85. The lowest BCUT2D eigenvalue weighted by molar-refractivity contribution is -0.123. The lowest BCUT2D eigenvalue weighted by Crippen LogP contribution is -2.56. The van der Waals surface area contributed by atoms with Crippen molar-refractivity contribution in [1.82, 2.24) is 10.2 Å². The van der Waals surface area contributed by atoms with Crippen LogP contribution in [0.5, 0.6) is 0 Å². The summed E-state index contributed by atoms with van der Waals surface area (Å²) in [7, 11) is 0. The third-order valence-corrected chi connectivity index (χ3v) is 5.85. The predicted octanol–water partition coefficient (Wildman–Crippen LogP) is 3.74. The van der Waals surface area contributed by atoms with E-state index >= 15 is 0 Å². The van der Waals surface area contributed by atoms with Crippen LogP contribution in [0, 0.1) is 0 Å². The van der Waals surface area contributed by atoms with Gasteiger partial charge in [-0.15, -0.1) is 0 Å². The minimum Gasteiger partial charge on any atom is -0.444 e. The van der Waals surface area contributed by atoms with Gasteiger partial charge in [-0.1, -0.05) is 30.3 Å². The highest BCUT2D eigenvalue weighted by Gasteiger charge is 2.53. The van der Waals surface area contributed by atoms with Gasteiger partial charge in [0, 0.05) is 24.2 Å². The number of carbonyl (C=O) groups is 4. The van der Waals surface area contributed by atoms with E-state index in [1.54, 1.807) is 74.2 Å². The highest BCUT2D eigenvalue weighted by atomic mass is 16.6. The van der Waals surface area contributed by atoms with E-state index in [0.29, 0.717) is 42.7 Å². The number of likely N-dealkylation sites (tertiary alicyclic amines) is 1. The van der Waals surface area contributed by atoms with E-state index < -0.39 is 23.3 Å². The number of carbonyl (C=O) groups excluding carboxylic acids is 4. The zero-order valence-corrected chi connectivity index (χ0v) is 19.0. The molecule has 1 spiro atoms. The number of nitrogens with zero attached hydrogens (tertiary/aromatic N) is 2. The van der Waals surface area contributed by atoms with Crippen LogP contribution in [0.3, 0.4) is 0 Å². The molecule has 0 atom stereocenters. The molecule has 172 valence electrons. The topological polar surface area (TPSA) is 96.0 Å². The first kappa shape index (κ1) is 22.5. The van der Waals surface area contributed by atoms with Crippen molar-refractivity contribution in [2.24, 2.45) is 0 Å². The van der Waals surface area contributed by atoms with Gasteiger partial charge in [-0.2, -0.15) is 0 Å². The van der Waals surface area contributed by atoms with Gasteiger partial charge < -0.3 is 15.0 Å². The second kappa shape index (κ2) is 8.35. The van der Waals surface area contributed by atoms with Gasteiger partial charge in [0.05, 0.1) is 5.69 Å². The standard InChI is InChI=1S/C25H27N3O5/c1-24(2,3)33-23(32)27-15-13-25(14-16-27)21(30)28(22(31)26-25)19-11-9-18(10-12-19)20(29)17-7-5-4-6-8-17/h4-12H,13-16H2,1-3H3,(H,26,31). The number of hydrogen-bond acceptors (Lipinski definition) is 5. The molecule has 2 aliphatic rings. The highest BCUT2D eigenvalue weighted by molar-refractivity contribution is 6.23. The molecule has 2 fully saturated rings. The summed E-state index contributed by atoms with van der Waals surface area (Å²) in [5.41, 5.74) is -0.218. The summed E-state index contributed by atoms with van der Waals surface area (Å²) in [6, 6.07) is 14.8. The number of ketones is 1. The van der Waals surface area contributed by atoms with Crippen molar-refractivity contribution in [3.8, 4) is 0 Å². The average Bonchev–Trinajstić information content (AvgIpc) is 3.02. The van der Waals surface area contributed by atoms with Crippen molar-refractivity contribution < 1.29 is 23.9 Å². The number of ether oxygens (including phenoxy) is 1. The van der Waals surface area contributed by atoms with Crippen molar-refractivity contribution in [2.45, 2.75) is 44.8 Å². The Kier molecular flexibility index (Phi) is 5.69. The van der Waals surface area contributed by atoms with Gasteiger partial charge >= 0.3 is 12.1 Å². The molecule has 2 heterocycles. The zero-order valence-electron chi connectivity index (χ0n) is 19.0. The lowest BCUT2D eigenvalue weighted by atomic mass is 9.87. The lowest BCUT2D eigenvalue weighted by Gasteiger charge is -2.37. The third kappa shape index (κ3) is 4.46. The minimum absolute atomic E-state index is 0.134. The summed E-state index contributed by atoms with van der Waals surface area (Å²) in [4.78, 5) is 53.6. The number of nitrogens with one attached hydrogen (secondary N) is 1. The Balaban J connectivity index is 1.46. The van der Waals surface area contributed by atoms with E-state index in [4.69, 9.17) is 4.74 Å². The molecule has 4 amide bonds. The van der Waals surface area contributed by atoms with Gasteiger partial charge in [-0.25, -0.2) is 14.5 Å². The Morgan fingerprint density at radius 1 is 0.909 bits per heavy atom. The maximum absolute atomic E-state index is 13.3. The molecule has 2 saturated heterocycles. The molecule has 8 nitrogen and oxygen atoms in total. The number of imide groups is 1. The summed E-state index contributed by atoms with van der Waals surface area (Å²) in [6.45, 7) is 6.01. The van der Waals surface area contributed by atoms with Gasteiger partial charge in [0.15, 0.2) is 5.78 Å². The molecule has 0 aliphatic carbocycles. The van der Waals surface area contributed by atoms with Crippen molar-refractivity contribution in [3.63, 3.8) is 0 Å². The second-order valence-electron chi connectivity index (χ2n) is 9.36. The average molecular weight is 450 g/mol.